The van der Waals surface area contributed by atoms with Crippen molar-refractivity contribution in [3.8, 4) is 0 Å². The molecule has 2 nitrogen and oxygen atoms in total. The van der Waals surface area contributed by atoms with E-state index in [1.807, 2.05) is 0 Å². The molecular formula is C14H16N2. The third-order valence-electron chi connectivity index (χ3n) is 3.66. The smallest absolute Gasteiger partial charge is 0.0718 e. The van der Waals surface area contributed by atoms with Crippen molar-refractivity contribution in [3.05, 3.63) is 22.3 Å². The van der Waals surface area contributed by atoms with Crippen molar-refractivity contribution in [1.82, 2.24) is 0 Å². The van der Waals surface area contributed by atoms with Gasteiger partial charge in [0, 0.05) is 29.8 Å². The number of aliphatic imine (C=N–C) groups is 2. The average Bonchev–Trinajstić information content (AvgIpc) is 2.78. The van der Waals surface area contributed by atoms with Gasteiger partial charge in [0.15, 0.2) is 0 Å². The molecule has 0 radical (unpaired) electrons. The van der Waals surface area contributed by atoms with Crippen LogP contribution < -0.4 is 0 Å². The van der Waals surface area contributed by atoms with Gasteiger partial charge in [-0.05, 0) is 44.4 Å². The van der Waals surface area contributed by atoms with Crippen LogP contribution in [0, 0.1) is 13.8 Å². The molecule has 0 saturated heterocycles. The fourth-order valence-corrected chi connectivity index (χ4v) is 2.81. The maximum Gasteiger partial charge on any atom is 0.0718 e. The van der Waals surface area contributed by atoms with Crippen molar-refractivity contribution in [3.63, 3.8) is 0 Å². The van der Waals surface area contributed by atoms with Gasteiger partial charge in [-0.3, -0.25) is 9.98 Å². The minimum absolute atomic E-state index is 1.02. The molecule has 2 heterocycles. The Morgan fingerprint density at radius 3 is 1.56 bits per heavy atom. The summed E-state index contributed by atoms with van der Waals surface area (Å²) in [4.78, 5) is 9.32. The molecule has 3 rings (SSSR count). The molecule has 0 aromatic heterocycles. The number of hydrogen-bond acceptors (Lipinski definition) is 2. The average molecular weight is 212 g/mol. The van der Waals surface area contributed by atoms with Crippen LogP contribution in [0.4, 0.5) is 11.4 Å². The molecule has 1 aromatic carbocycles. The quantitative estimate of drug-likeness (QED) is 0.627. The molecule has 0 atom stereocenters. The summed E-state index contributed by atoms with van der Waals surface area (Å²) in [6.07, 6.45) is 2.04. The van der Waals surface area contributed by atoms with Gasteiger partial charge in [-0.25, -0.2) is 0 Å². The van der Waals surface area contributed by atoms with Gasteiger partial charge in [0.05, 0.1) is 11.4 Å². The maximum atomic E-state index is 4.66. The maximum absolute atomic E-state index is 4.66. The summed E-state index contributed by atoms with van der Waals surface area (Å²) in [5.74, 6) is 0. The number of benzene rings is 1. The van der Waals surface area contributed by atoms with Gasteiger partial charge in [-0.1, -0.05) is 0 Å². The zero-order valence-corrected chi connectivity index (χ0v) is 10.3. The normalized spacial score (nSPS) is 17.0. The van der Waals surface area contributed by atoms with Gasteiger partial charge in [0.1, 0.15) is 0 Å². The monoisotopic (exact) mass is 212 g/mol. The fraction of sp³-hybridized carbons (Fsp3) is 0.429. The van der Waals surface area contributed by atoms with Crippen LogP contribution in [0.3, 0.4) is 0 Å². The number of hydrogen-bond donors (Lipinski definition) is 0. The van der Waals surface area contributed by atoms with Crippen LogP contribution in [-0.4, -0.2) is 11.4 Å². The Balaban J connectivity index is 2.33. The Kier molecular flexibility index (Phi) is 1.85. The van der Waals surface area contributed by atoms with Crippen LogP contribution in [0.25, 0.3) is 0 Å². The third kappa shape index (κ3) is 1.13. The van der Waals surface area contributed by atoms with Crippen molar-refractivity contribution in [2.45, 2.75) is 40.5 Å². The van der Waals surface area contributed by atoms with Gasteiger partial charge in [0.25, 0.3) is 0 Å². The van der Waals surface area contributed by atoms with Crippen molar-refractivity contribution < 1.29 is 0 Å². The lowest BCUT2D eigenvalue weighted by molar-refractivity contribution is 1.20. The first-order valence-corrected chi connectivity index (χ1v) is 5.81. The lowest BCUT2D eigenvalue weighted by atomic mass is 9.93. The van der Waals surface area contributed by atoms with Gasteiger partial charge in [-0.2, -0.15) is 0 Å². The molecule has 1 aromatic rings. The van der Waals surface area contributed by atoms with Gasteiger partial charge in [-0.15, -0.1) is 0 Å². The molecule has 0 N–H and O–H groups in total. The van der Waals surface area contributed by atoms with Crippen molar-refractivity contribution in [2.75, 3.05) is 0 Å². The minimum atomic E-state index is 1.02. The molecule has 82 valence electrons. The molecule has 0 bridgehead atoms. The minimum Gasteiger partial charge on any atom is -0.257 e. The Morgan fingerprint density at radius 2 is 1.12 bits per heavy atom. The van der Waals surface area contributed by atoms with Crippen LogP contribution in [0.15, 0.2) is 9.98 Å². The van der Waals surface area contributed by atoms with Crippen LogP contribution >= 0.6 is 0 Å². The lowest BCUT2D eigenvalue weighted by Gasteiger charge is -2.12. The second-order valence-electron chi connectivity index (χ2n) is 4.95. The number of nitrogens with zero attached hydrogens (tertiary/aromatic N) is 2. The molecule has 0 unspecified atom stereocenters. The largest absolute Gasteiger partial charge is 0.257 e. The van der Waals surface area contributed by atoms with Crippen molar-refractivity contribution >= 4 is 22.8 Å². The predicted molar refractivity (Wildman–Crippen MR) is 68.9 cm³/mol. The van der Waals surface area contributed by atoms with E-state index in [4.69, 9.17) is 0 Å². The Labute approximate surface area is 96.1 Å². The summed E-state index contributed by atoms with van der Waals surface area (Å²) < 4.78 is 0. The second-order valence-corrected chi connectivity index (χ2v) is 4.95. The molecule has 0 amide bonds. The van der Waals surface area contributed by atoms with Crippen molar-refractivity contribution in [1.29, 1.82) is 0 Å². The first-order valence-electron chi connectivity index (χ1n) is 5.81. The highest BCUT2D eigenvalue weighted by Gasteiger charge is 2.25. The lowest BCUT2D eigenvalue weighted by Crippen LogP contribution is -1.98. The zero-order valence-electron chi connectivity index (χ0n) is 10.3. The SMILES string of the molecule is CC1=Nc2c(C)c3c(c(C)c2C1)CC(C)=N3. The van der Waals surface area contributed by atoms with Crippen molar-refractivity contribution in [2.24, 2.45) is 9.98 Å². The number of fused-ring (bicyclic) bond motifs is 2. The van der Waals surface area contributed by atoms with E-state index in [0.29, 0.717) is 0 Å². The van der Waals surface area contributed by atoms with Crippen LogP contribution in [0.5, 0.6) is 0 Å². The molecule has 2 aliphatic rings. The summed E-state index contributed by atoms with van der Waals surface area (Å²) in [7, 11) is 0. The fourth-order valence-electron chi connectivity index (χ4n) is 2.81. The van der Waals surface area contributed by atoms with E-state index in [-0.39, 0.29) is 0 Å². The standard InChI is InChI=1S/C14H16N2/c1-7-5-11-9(3)12-6-8(2)16-14(12)10(4)13(11)15-7/h5-6H2,1-4H3. The second kappa shape index (κ2) is 3.03. The van der Waals surface area contributed by atoms with E-state index in [2.05, 4.69) is 37.7 Å². The van der Waals surface area contributed by atoms with Gasteiger partial charge < -0.3 is 0 Å². The molecule has 16 heavy (non-hydrogen) atoms. The van der Waals surface area contributed by atoms with Crippen LogP contribution in [-0.2, 0) is 12.8 Å². The molecule has 0 saturated carbocycles. The highest BCUT2D eigenvalue weighted by atomic mass is 14.8. The first-order chi connectivity index (χ1) is 7.58. The van der Waals surface area contributed by atoms with E-state index in [9.17, 15) is 0 Å². The summed E-state index contributed by atoms with van der Waals surface area (Å²) in [6, 6.07) is 0. The van der Waals surface area contributed by atoms with Gasteiger partial charge >= 0.3 is 0 Å². The molecule has 2 aliphatic heterocycles. The van der Waals surface area contributed by atoms with E-state index >= 15 is 0 Å². The predicted octanol–water partition coefficient (Wildman–Crippen LogP) is 3.60. The van der Waals surface area contributed by atoms with Crippen LogP contribution in [0.1, 0.15) is 36.1 Å². The highest BCUT2D eigenvalue weighted by molar-refractivity contribution is 5.99. The van der Waals surface area contributed by atoms with Gasteiger partial charge in [0.2, 0.25) is 0 Å². The first kappa shape index (κ1) is 9.76. The summed E-state index contributed by atoms with van der Waals surface area (Å²) in [5, 5.41) is 0. The Hall–Kier alpha value is -1.44. The summed E-state index contributed by atoms with van der Waals surface area (Å²) in [5.41, 5.74) is 10.4. The van der Waals surface area contributed by atoms with E-state index in [0.717, 1.165) is 12.8 Å². The Morgan fingerprint density at radius 1 is 0.688 bits per heavy atom. The van der Waals surface area contributed by atoms with Crippen LogP contribution in [0.2, 0.25) is 0 Å². The van der Waals surface area contributed by atoms with E-state index in [1.54, 1.807) is 0 Å². The summed E-state index contributed by atoms with van der Waals surface area (Å²) in [6.45, 7) is 8.59. The topological polar surface area (TPSA) is 24.7 Å². The molecule has 0 fully saturated rings. The van der Waals surface area contributed by atoms with E-state index in [1.165, 1.54) is 45.1 Å². The molecular weight excluding hydrogens is 196 g/mol. The molecule has 0 spiro atoms. The zero-order chi connectivity index (χ0) is 11.4. The van der Waals surface area contributed by atoms with E-state index < -0.39 is 0 Å². The number of rotatable bonds is 0. The Bertz CT molecular complexity index is 516. The molecule has 0 aliphatic carbocycles. The highest BCUT2D eigenvalue weighted by Crippen LogP contribution is 2.44. The molecule has 2 heteroatoms. The summed E-state index contributed by atoms with van der Waals surface area (Å²) >= 11 is 0. The third-order valence-corrected chi connectivity index (χ3v) is 3.66.